The summed E-state index contributed by atoms with van der Waals surface area (Å²) in [5.41, 5.74) is 4.73. The monoisotopic (exact) mass is 385 g/mol. The second-order valence-electron chi connectivity index (χ2n) is 7.34. The van der Waals surface area contributed by atoms with Crippen molar-refractivity contribution < 1.29 is 0 Å². The SMILES string of the molecule is CC1CCCN1C1=CNC(Nc2cc(-c3ccncc3)nn3ccnc23)=CC=C1. The Labute approximate surface area is 169 Å². The third-order valence-electron chi connectivity index (χ3n) is 5.39. The second-order valence-corrected chi connectivity index (χ2v) is 7.34. The number of likely N-dealkylation sites (tertiary alicyclic amines) is 1. The fraction of sp³-hybridized carbons (Fsp3) is 0.227. The second kappa shape index (κ2) is 7.43. The van der Waals surface area contributed by atoms with E-state index in [1.54, 1.807) is 23.1 Å². The van der Waals surface area contributed by atoms with Gasteiger partial charge >= 0.3 is 0 Å². The van der Waals surface area contributed by atoms with Gasteiger partial charge in [0.2, 0.25) is 0 Å². The van der Waals surface area contributed by atoms with Crippen LogP contribution >= 0.6 is 0 Å². The zero-order valence-electron chi connectivity index (χ0n) is 16.3. The van der Waals surface area contributed by atoms with Crippen molar-refractivity contribution in [2.24, 2.45) is 0 Å². The van der Waals surface area contributed by atoms with Gasteiger partial charge in [-0.2, -0.15) is 5.10 Å². The molecule has 146 valence electrons. The molecular weight excluding hydrogens is 362 g/mol. The molecule has 3 aromatic rings. The zero-order chi connectivity index (χ0) is 19.6. The molecule has 0 aliphatic carbocycles. The van der Waals surface area contributed by atoms with Crippen molar-refractivity contribution in [2.45, 2.75) is 25.8 Å². The molecule has 0 bridgehead atoms. The first-order valence-electron chi connectivity index (χ1n) is 9.91. The highest BCUT2D eigenvalue weighted by atomic mass is 15.3. The van der Waals surface area contributed by atoms with Crippen molar-refractivity contribution in [3.05, 3.63) is 78.9 Å². The van der Waals surface area contributed by atoms with E-state index in [1.165, 1.54) is 18.5 Å². The Morgan fingerprint density at radius 2 is 2.10 bits per heavy atom. The van der Waals surface area contributed by atoms with Gasteiger partial charge in [0.05, 0.1) is 17.1 Å². The minimum absolute atomic E-state index is 0.579. The molecule has 2 aliphatic heterocycles. The van der Waals surface area contributed by atoms with Gasteiger partial charge in [0.25, 0.3) is 0 Å². The molecule has 5 heterocycles. The highest BCUT2D eigenvalue weighted by molar-refractivity contribution is 5.74. The number of hydrogen-bond acceptors (Lipinski definition) is 6. The molecule has 0 spiro atoms. The number of anilines is 1. The number of hydrogen-bond donors (Lipinski definition) is 2. The number of nitrogens with one attached hydrogen (secondary N) is 2. The highest BCUT2D eigenvalue weighted by Crippen LogP contribution is 2.25. The third-order valence-corrected chi connectivity index (χ3v) is 5.39. The van der Waals surface area contributed by atoms with Gasteiger partial charge in [-0.25, -0.2) is 9.50 Å². The molecule has 2 aliphatic rings. The fourth-order valence-electron chi connectivity index (χ4n) is 3.88. The summed E-state index contributed by atoms with van der Waals surface area (Å²) in [5, 5.41) is 11.6. The summed E-state index contributed by atoms with van der Waals surface area (Å²) in [6.45, 7) is 3.39. The maximum Gasteiger partial charge on any atom is 0.177 e. The van der Waals surface area contributed by atoms with Crippen LogP contribution < -0.4 is 10.6 Å². The lowest BCUT2D eigenvalue weighted by Gasteiger charge is -2.24. The summed E-state index contributed by atoms with van der Waals surface area (Å²) in [6, 6.07) is 6.50. The molecule has 1 atom stereocenters. The Morgan fingerprint density at radius 1 is 1.21 bits per heavy atom. The predicted molar refractivity (Wildman–Crippen MR) is 114 cm³/mol. The van der Waals surface area contributed by atoms with Gasteiger partial charge in [0.1, 0.15) is 5.82 Å². The van der Waals surface area contributed by atoms with Crippen molar-refractivity contribution in [1.82, 2.24) is 29.8 Å². The standard InChI is InChI=1S/C22H23N7/c1-16-4-3-12-28(16)18-5-2-6-21(25-15-18)26-20-14-19(17-7-9-23-10-8-17)27-29-13-11-24-22(20)29/h2,5-11,13-16,25-26H,3-4,12H2,1H3. The Morgan fingerprint density at radius 3 is 2.93 bits per heavy atom. The van der Waals surface area contributed by atoms with E-state index in [-0.39, 0.29) is 0 Å². The molecule has 1 fully saturated rings. The Balaban J connectivity index is 1.43. The Bertz CT molecular complexity index is 1110. The molecule has 1 unspecified atom stereocenters. The number of nitrogens with zero attached hydrogens (tertiary/aromatic N) is 5. The third kappa shape index (κ3) is 3.47. The number of fused-ring (bicyclic) bond motifs is 1. The van der Waals surface area contributed by atoms with E-state index in [1.807, 2.05) is 30.5 Å². The number of allylic oxidation sites excluding steroid dienone is 3. The van der Waals surface area contributed by atoms with E-state index < -0.39 is 0 Å². The molecule has 2 N–H and O–H groups in total. The Kier molecular flexibility index (Phi) is 4.48. The van der Waals surface area contributed by atoms with Gasteiger partial charge in [-0.15, -0.1) is 0 Å². The van der Waals surface area contributed by atoms with Crippen molar-refractivity contribution in [2.75, 3.05) is 11.9 Å². The van der Waals surface area contributed by atoms with Crippen LogP contribution in [0.25, 0.3) is 16.9 Å². The number of aromatic nitrogens is 4. The van der Waals surface area contributed by atoms with Crippen LogP contribution in [-0.2, 0) is 0 Å². The quantitative estimate of drug-likeness (QED) is 0.716. The van der Waals surface area contributed by atoms with Crippen molar-refractivity contribution in [3.8, 4) is 11.3 Å². The van der Waals surface area contributed by atoms with Gasteiger partial charge in [-0.1, -0.05) is 6.08 Å². The zero-order valence-corrected chi connectivity index (χ0v) is 16.3. The topological polar surface area (TPSA) is 70.4 Å². The van der Waals surface area contributed by atoms with Gasteiger partial charge in [0.15, 0.2) is 5.65 Å². The van der Waals surface area contributed by atoms with E-state index >= 15 is 0 Å². The summed E-state index contributed by atoms with van der Waals surface area (Å²) in [5.74, 6) is 0.889. The lowest BCUT2D eigenvalue weighted by atomic mass is 10.2. The molecule has 3 aromatic heterocycles. The molecule has 5 rings (SSSR count). The van der Waals surface area contributed by atoms with Crippen LogP contribution in [0.4, 0.5) is 5.69 Å². The number of pyridine rings is 1. The lowest BCUT2D eigenvalue weighted by Crippen LogP contribution is -2.26. The predicted octanol–water partition coefficient (Wildman–Crippen LogP) is 3.53. The van der Waals surface area contributed by atoms with Crippen LogP contribution in [0.15, 0.2) is 78.9 Å². The largest absolute Gasteiger partial charge is 0.368 e. The summed E-state index contributed by atoms with van der Waals surface area (Å²) in [6.07, 6.45) is 18.0. The first kappa shape index (κ1) is 17.5. The van der Waals surface area contributed by atoms with Crippen LogP contribution in [0, 0.1) is 0 Å². The van der Waals surface area contributed by atoms with Crippen LogP contribution in [0.2, 0.25) is 0 Å². The van der Waals surface area contributed by atoms with Crippen LogP contribution in [0.3, 0.4) is 0 Å². The molecule has 1 saturated heterocycles. The van der Waals surface area contributed by atoms with Crippen molar-refractivity contribution in [3.63, 3.8) is 0 Å². The van der Waals surface area contributed by atoms with E-state index in [9.17, 15) is 0 Å². The average Bonchev–Trinajstić information content (AvgIpc) is 3.33. The summed E-state index contributed by atoms with van der Waals surface area (Å²) in [7, 11) is 0. The molecule has 29 heavy (non-hydrogen) atoms. The van der Waals surface area contributed by atoms with E-state index in [4.69, 9.17) is 0 Å². The smallest absolute Gasteiger partial charge is 0.177 e. The minimum Gasteiger partial charge on any atom is -0.368 e. The highest BCUT2D eigenvalue weighted by Gasteiger charge is 2.21. The first-order chi connectivity index (χ1) is 14.3. The Hall–Kier alpha value is -3.61. The lowest BCUT2D eigenvalue weighted by molar-refractivity contribution is 0.349. The van der Waals surface area contributed by atoms with Crippen LogP contribution in [-0.4, -0.2) is 37.1 Å². The summed E-state index contributed by atoms with van der Waals surface area (Å²) < 4.78 is 1.79. The molecule has 0 radical (unpaired) electrons. The molecule has 7 heteroatoms. The average molecular weight is 385 g/mol. The van der Waals surface area contributed by atoms with Gasteiger partial charge in [0, 0.05) is 49.1 Å². The van der Waals surface area contributed by atoms with Crippen LogP contribution in [0.5, 0.6) is 0 Å². The molecular formula is C22H23N7. The number of imidazole rings is 1. The summed E-state index contributed by atoms with van der Waals surface area (Å²) in [4.78, 5) is 11.0. The number of rotatable bonds is 4. The first-order valence-corrected chi connectivity index (χ1v) is 9.91. The van der Waals surface area contributed by atoms with Gasteiger partial charge in [-0.05, 0) is 50.1 Å². The van der Waals surface area contributed by atoms with E-state index in [0.29, 0.717) is 6.04 Å². The molecule has 7 nitrogen and oxygen atoms in total. The minimum atomic E-state index is 0.579. The fourth-order valence-corrected chi connectivity index (χ4v) is 3.88. The van der Waals surface area contributed by atoms with E-state index in [0.717, 1.165) is 35.0 Å². The molecule has 0 amide bonds. The normalized spacial score (nSPS) is 18.9. The molecule has 0 saturated carbocycles. The summed E-state index contributed by atoms with van der Waals surface area (Å²) >= 11 is 0. The van der Waals surface area contributed by atoms with E-state index in [2.05, 4.69) is 55.9 Å². The van der Waals surface area contributed by atoms with Gasteiger partial charge in [-0.3, -0.25) is 4.98 Å². The van der Waals surface area contributed by atoms with Crippen molar-refractivity contribution in [1.29, 1.82) is 0 Å². The molecule has 0 aromatic carbocycles. The van der Waals surface area contributed by atoms with Gasteiger partial charge < -0.3 is 15.5 Å². The van der Waals surface area contributed by atoms with Crippen LogP contribution in [0.1, 0.15) is 19.8 Å². The van der Waals surface area contributed by atoms with Crippen molar-refractivity contribution >= 4 is 11.3 Å². The maximum absolute atomic E-state index is 4.66. The maximum atomic E-state index is 4.66.